The summed E-state index contributed by atoms with van der Waals surface area (Å²) in [7, 11) is 0. The number of carbonyl (C=O) groups excluding carboxylic acids is 1. The summed E-state index contributed by atoms with van der Waals surface area (Å²) in [5.74, 6) is 0.635. The predicted octanol–water partition coefficient (Wildman–Crippen LogP) is 4.54. The monoisotopic (exact) mass is 352 g/mol. The van der Waals surface area contributed by atoms with Crippen LogP contribution in [-0.4, -0.2) is 30.5 Å². The molecule has 0 saturated carbocycles. The molecule has 0 radical (unpaired) electrons. The minimum Gasteiger partial charge on any atom is -0.372 e. The molecule has 0 bridgehead atoms. The van der Waals surface area contributed by atoms with Gasteiger partial charge in [-0.05, 0) is 55.7 Å². The fourth-order valence-electron chi connectivity index (χ4n) is 3.19. The summed E-state index contributed by atoms with van der Waals surface area (Å²) in [6, 6.07) is 11.6. The van der Waals surface area contributed by atoms with E-state index >= 15 is 0 Å². The van der Waals surface area contributed by atoms with Gasteiger partial charge in [0.2, 0.25) is 0 Å². The second-order valence-electron chi connectivity index (χ2n) is 6.76. The third-order valence-corrected chi connectivity index (χ3v) is 4.70. The van der Waals surface area contributed by atoms with Gasteiger partial charge in [0, 0.05) is 42.8 Å². The lowest BCUT2D eigenvalue weighted by atomic mass is 10.2. The summed E-state index contributed by atoms with van der Waals surface area (Å²) in [6.07, 6.45) is 7.69. The number of benzene rings is 1. The van der Waals surface area contributed by atoms with Crippen molar-refractivity contribution in [2.24, 2.45) is 0 Å². The van der Waals surface area contributed by atoms with Crippen LogP contribution in [0.25, 0.3) is 0 Å². The second kappa shape index (κ2) is 9.22. The van der Waals surface area contributed by atoms with Crippen LogP contribution in [0.4, 0.5) is 17.2 Å². The van der Waals surface area contributed by atoms with Gasteiger partial charge in [-0.25, -0.2) is 4.98 Å². The maximum Gasteiger partial charge on any atom is 0.255 e. The molecule has 1 fully saturated rings. The number of anilines is 3. The largest absolute Gasteiger partial charge is 0.372 e. The topological polar surface area (TPSA) is 57.3 Å². The molecule has 2 N–H and O–H groups in total. The minimum atomic E-state index is -0.113. The molecule has 1 aromatic carbocycles. The predicted molar refractivity (Wildman–Crippen MR) is 108 cm³/mol. The first-order valence-electron chi connectivity index (χ1n) is 9.62. The number of rotatable bonds is 8. The van der Waals surface area contributed by atoms with Crippen molar-refractivity contribution >= 4 is 23.1 Å². The van der Waals surface area contributed by atoms with Gasteiger partial charge in [0.15, 0.2) is 0 Å². The number of pyridine rings is 1. The molecule has 0 aliphatic carbocycles. The Balaban J connectivity index is 1.57. The van der Waals surface area contributed by atoms with E-state index in [2.05, 4.69) is 39.6 Å². The number of hydrogen-bond acceptors (Lipinski definition) is 4. The summed E-state index contributed by atoms with van der Waals surface area (Å²) in [4.78, 5) is 19.2. The molecule has 2 aromatic rings. The molecule has 0 atom stereocenters. The second-order valence-corrected chi connectivity index (χ2v) is 6.76. The van der Waals surface area contributed by atoms with E-state index in [4.69, 9.17) is 0 Å². The standard InChI is InChI=1S/C21H28N4O/c1-2-3-4-12-22-20-16-17(11-13-23-20)21(26)24-18-7-9-19(10-8-18)25-14-5-6-15-25/h7-11,13,16H,2-6,12,14-15H2,1H3,(H,22,23)(H,24,26). The lowest BCUT2D eigenvalue weighted by Crippen LogP contribution is -2.17. The fourth-order valence-corrected chi connectivity index (χ4v) is 3.19. The van der Waals surface area contributed by atoms with Crippen LogP contribution < -0.4 is 15.5 Å². The summed E-state index contributed by atoms with van der Waals surface area (Å²) in [5, 5.41) is 6.25. The van der Waals surface area contributed by atoms with Crippen molar-refractivity contribution in [3.05, 3.63) is 48.2 Å². The summed E-state index contributed by atoms with van der Waals surface area (Å²) >= 11 is 0. The van der Waals surface area contributed by atoms with Crippen LogP contribution in [0.15, 0.2) is 42.6 Å². The van der Waals surface area contributed by atoms with Gasteiger partial charge in [-0.2, -0.15) is 0 Å². The Morgan fingerprint density at radius 3 is 2.62 bits per heavy atom. The van der Waals surface area contributed by atoms with Crippen molar-refractivity contribution in [2.45, 2.75) is 39.0 Å². The Morgan fingerprint density at radius 2 is 1.88 bits per heavy atom. The molecule has 0 spiro atoms. The zero-order chi connectivity index (χ0) is 18.2. The van der Waals surface area contributed by atoms with Gasteiger partial charge in [0.05, 0.1) is 0 Å². The quantitative estimate of drug-likeness (QED) is 0.685. The van der Waals surface area contributed by atoms with E-state index in [1.165, 1.54) is 31.4 Å². The third kappa shape index (κ3) is 4.97. The number of nitrogens with one attached hydrogen (secondary N) is 2. The molecule has 1 aliphatic heterocycles. The molecule has 26 heavy (non-hydrogen) atoms. The maximum atomic E-state index is 12.5. The zero-order valence-electron chi connectivity index (χ0n) is 15.5. The van der Waals surface area contributed by atoms with Gasteiger partial charge in [-0.15, -0.1) is 0 Å². The highest BCUT2D eigenvalue weighted by Gasteiger charge is 2.12. The van der Waals surface area contributed by atoms with Crippen molar-refractivity contribution in [3.63, 3.8) is 0 Å². The van der Waals surface area contributed by atoms with E-state index in [1.807, 2.05) is 12.1 Å². The van der Waals surface area contributed by atoms with E-state index in [0.717, 1.165) is 37.6 Å². The number of aromatic nitrogens is 1. The van der Waals surface area contributed by atoms with Gasteiger partial charge in [0.25, 0.3) is 5.91 Å². The highest BCUT2D eigenvalue weighted by molar-refractivity contribution is 6.04. The van der Waals surface area contributed by atoms with Gasteiger partial charge < -0.3 is 15.5 Å². The summed E-state index contributed by atoms with van der Waals surface area (Å²) < 4.78 is 0. The van der Waals surface area contributed by atoms with E-state index in [-0.39, 0.29) is 5.91 Å². The van der Waals surface area contributed by atoms with Gasteiger partial charge in [0.1, 0.15) is 5.82 Å². The average molecular weight is 352 g/mol. The molecule has 2 heterocycles. The number of amides is 1. The van der Waals surface area contributed by atoms with E-state index in [1.54, 1.807) is 18.3 Å². The highest BCUT2D eigenvalue weighted by Crippen LogP contribution is 2.22. The average Bonchev–Trinajstić information content (AvgIpc) is 3.21. The van der Waals surface area contributed by atoms with Crippen molar-refractivity contribution in [1.82, 2.24) is 4.98 Å². The Kier molecular flexibility index (Phi) is 6.47. The van der Waals surface area contributed by atoms with Gasteiger partial charge in [-0.1, -0.05) is 19.8 Å². The van der Waals surface area contributed by atoms with Crippen LogP contribution in [0.2, 0.25) is 0 Å². The van der Waals surface area contributed by atoms with Crippen molar-refractivity contribution in [1.29, 1.82) is 0 Å². The van der Waals surface area contributed by atoms with E-state index in [0.29, 0.717) is 5.56 Å². The molecule has 0 unspecified atom stereocenters. The molecular formula is C21H28N4O. The summed E-state index contributed by atoms with van der Waals surface area (Å²) in [5.41, 5.74) is 2.65. The maximum absolute atomic E-state index is 12.5. The Morgan fingerprint density at radius 1 is 1.12 bits per heavy atom. The smallest absolute Gasteiger partial charge is 0.255 e. The molecular weight excluding hydrogens is 324 g/mol. The summed E-state index contributed by atoms with van der Waals surface area (Å²) in [6.45, 7) is 5.30. The molecule has 1 aromatic heterocycles. The molecule has 138 valence electrons. The van der Waals surface area contributed by atoms with Crippen LogP contribution in [0, 0.1) is 0 Å². The van der Waals surface area contributed by atoms with Crippen LogP contribution in [0.1, 0.15) is 49.4 Å². The van der Waals surface area contributed by atoms with Crippen molar-refractivity contribution in [2.75, 3.05) is 35.2 Å². The fraction of sp³-hybridized carbons (Fsp3) is 0.429. The molecule has 5 heteroatoms. The molecule has 3 rings (SSSR count). The van der Waals surface area contributed by atoms with Gasteiger partial charge >= 0.3 is 0 Å². The van der Waals surface area contributed by atoms with Crippen LogP contribution in [0.3, 0.4) is 0 Å². The third-order valence-electron chi connectivity index (χ3n) is 4.70. The first-order valence-corrected chi connectivity index (χ1v) is 9.62. The molecule has 1 saturated heterocycles. The number of hydrogen-bond donors (Lipinski definition) is 2. The van der Waals surface area contributed by atoms with Crippen molar-refractivity contribution in [3.8, 4) is 0 Å². The highest BCUT2D eigenvalue weighted by atomic mass is 16.1. The molecule has 1 amide bonds. The normalized spacial score (nSPS) is 13.7. The Labute approximate surface area is 155 Å². The Bertz CT molecular complexity index is 708. The van der Waals surface area contributed by atoms with Crippen LogP contribution in [0.5, 0.6) is 0 Å². The lowest BCUT2D eigenvalue weighted by molar-refractivity contribution is 0.102. The number of carbonyl (C=O) groups is 1. The number of nitrogens with zero attached hydrogens (tertiary/aromatic N) is 2. The zero-order valence-corrected chi connectivity index (χ0v) is 15.5. The first kappa shape index (κ1) is 18.2. The lowest BCUT2D eigenvalue weighted by Gasteiger charge is -2.17. The van der Waals surface area contributed by atoms with E-state index in [9.17, 15) is 4.79 Å². The van der Waals surface area contributed by atoms with Crippen molar-refractivity contribution < 1.29 is 4.79 Å². The van der Waals surface area contributed by atoms with E-state index < -0.39 is 0 Å². The van der Waals surface area contributed by atoms with Gasteiger partial charge in [-0.3, -0.25) is 4.79 Å². The number of unbranched alkanes of at least 4 members (excludes halogenated alkanes) is 2. The van der Waals surface area contributed by atoms with Crippen LogP contribution in [-0.2, 0) is 0 Å². The molecule has 1 aliphatic rings. The Hall–Kier alpha value is -2.56. The van der Waals surface area contributed by atoms with Crippen LogP contribution >= 0.6 is 0 Å². The molecule has 5 nitrogen and oxygen atoms in total. The minimum absolute atomic E-state index is 0.113. The SMILES string of the molecule is CCCCCNc1cc(C(=O)Nc2ccc(N3CCCC3)cc2)ccn1. The first-order chi connectivity index (χ1) is 12.8.